The van der Waals surface area contributed by atoms with Crippen LogP contribution >= 0.6 is 34.5 Å². The van der Waals surface area contributed by atoms with E-state index in [0.717, 1.165) is 4.88 Å². The molecule has 0 bridgehead atoms. The second kappa shape index (κ2) is 6.47. The first kappa shape index (κ1) is 15.8. The van der Waals surface area contributed by atoms with Crippen molar-refractivity contribution < 1.29 is 14.7 Å². The highest BCUT2D eigenvalue weighted by molar-refractivity contribution is 7.16. The summed E-state index contributed by atoms with van der Waals surface area (Å²) in [6.07, 6.45) is 0.693. The summed E-state index contributed by atoms with van der Waals surface area (Å²) in [5, 5.41) is 12.4. The zero-order chi connectivity index (χ0) is 15.6. The molecule has 0 aliphatic heterocycles. The average Bonchev–Trinajstić information content (AvgIpc) is 2.85. The molecule has 0 saturated carbocycles. The van der Waals surface area contributed by atoms with E-state index in [9.17, 15) is 9.59 Å². The summed E-state index contributed by atoms with van der Waals surface area (Å²) in [7, 11) is 0. The Balaban J connectivity index is 2.33. The van der Waals surface area contributed by atoms with Crippen molar-refractivity contribution in [3.63, 3.8) is 0 Å². The summed E-state index contributed by atoms with van der Waals surface area (Å²) in [5.74, 6) is -1.58. The largest absolute Gasteiger partial charge is 0.478 e. The molecule has 0 spiro atoms. The van der Waals surface area contributed by atoms with Crippen LogP contribution in [-0.4, -0.2) is 17.0 Å². The third kappa shape index (κ3) is 3.37. The molecule has 0 aliphatic carbocycles. The van der Waals surface area contributed by atoms with Gasteiger partial charge in [-0.1, -0.05) is 36.2 Å². The number of aryl methyl sites for hydroxylation is 1. The number of benzene rings is 1. The molecule has 1 amide bonds. The molecule has 0 radical (unpaired) electrons. The lowest BCUT2D eigenvalue weighted by Gasteiger charge is -2.06. The number of carboxylic acids is 1. The van der Waals surface area contributed by atoms with Gasteiger partial charge in [0.15, 0.2) is 0 Å². The van der Waals surface area contributed by atoms with E-state index in [1.807, 2.05) is 6.92 Å². The van der Waals surface area contributed by atoms with E-state index in [2.05, 4.69) is 5.32 Å². The minimum atomic E-state index is -1.08. The Kier molecular flexibility index (Phi) is 4.88. The molecular weight excluding hydrogens is 333 g/mol. The fourth-order valence-electron chi connectivity index (χ4n) is 1.72. The molecule has 1 aromatic heterocycles. The van der Waals surface area contributed by atoms with Crippen LogP contribution in [-0.2, 0) is 6.42 Å². The van der Waals surface area contributed by atoms with Gasteiger partial charge in [0.2, 0.25) is 0 Å². The fourth-order valence-corrected chi connectivity index (χ4v) is 3.09. The zero-order valence-electron chi connectivity index (χ0n) is 10.9. The molecule has 7 heteroatoms. The van der Waals surface area contributed by atoms with Crippen molar-refractivity contribution in [1.29, 1.82) is 0 Å². The molecule has 110 valence electrons. The van der Waals surface area contributed by atoms with Gasteiger partial charge < -0.3 is 10.4 Å². The van der Waals surface area contributed by atoms with E-state index in [4.69, 9.17) is 28.3 Å². The summed E-state index contributed by atoms with van der Waals surface area (Å²) in [6.45, 7) is 1.91. The number of hydrogen-bond acceptors (Lipinski definition) is 3. The number of carbonyl (C=O) groups excluding carboxylic acids is 1. The van der Waals surface area contributed by atoms with Gasteiger partial charge in [0.05, 0.1) is 21.2 Å². The molecule has 0 saturated heterocycles. The first-order valence-electron chi connectivity index (χ1n) is 6.05. The van der Waals surface area contributed by atoms with Gasteiger partial charge in [-0.3, -0.25) is 4.79 Å². The van der Waals surface area contributed by atoms with Gasteiger partial charge in [-0.2, -0.15) is 0 Å². The number of aromatic carboxylic acids is 1. The van der Waals surface area contributed by atoms with Crippen molar-refractivity contribution in [2.45, 2.75) is 13.3 Å². The summed E-state index contributed by atoms with van der Waals surface area (Å²) in [4.78, 5) is 24.3. The molecule has 1 aromatic carbocycles. The third-order valence-electron chi connectivity index (χ3n) is 2.79. The second-order valence-electron chi connectivity index (χ2n) is 4.17. The van der Waals surface area contributed by atoms with E-state index in [1.54, 1.807) is 18.2 Å². The van der Waals surface area contributed by atoms with Crippen LogP contribution in [0.25, 0.3) is 0 Å². The molecule has 4 nitrogen and oxygen atoms in total. The number of nitrogens with one attached hydrogen (secondary N) is 1. The first-order valence-corrected chi connectivity index (χ1v) is 7.62. The quantitative estimate of drug-likeness (QED) is 0.854. The van der Waals surface area contributed by atoms with Crippen molar-refractivity contribution in [1.82, 2.24) is 0 Å². The summed E-state index contributed by atoms with van der Waals surface area (Å²) < 4.78 is 0. The van der Waals surface area contributed by atoms with Crippen molar-refractivity contribution in [2.24, 2.45) is 0 Å². The fraction of sp³-hybridized carbons (Fsp3) is 0.143. The molecule has 2 N–H and O–H groups in total. The maximum atomic E-state index is 12.2. The lowest BCUT2D eigenvalue weighted by Crippen LogP contribution is -2.13. The molecular formula is C14H11Cl2NO3S. The summed E-state index contributed by atoms with van der Waals surface area (Å²) >= 11 is 13.1. The Hall–Kier alpha value is -1.56. The molecule has 2 aromatic rings. The SMILES string of the molecule is CCc1cc(C(=O)O)c(NC(=O)c2cccc(Cl)c2Cl)s1. The van der Waals surface area contributed by atoms with Gasteiger partial charge in [-0.05, 0) is 24.6 Å². The van der Waals surface area contributed by atoms with Crippen LogP contribution in [0.2, 0.25) is 10.0 Å². The molecule has 1 heterocycles. The normalized spacial score (nSPS) is 10.4. The van der Waals surface area contributed by atoms with E-state index >= 15 is 0 Å². The highest BCUT2D eigenvalue weighted by Gasteiger charge is 2.19. The number of carboxylic acid groups (broad SMARTS) is 1. The van der Waals surface area contributed by atoms with Gasteiger partial charge >= 0.3 is 5.97 Å². The van der Waals surface area contributed by atoms with Crippen molar-refractivity contribution in [3.8, 4) is 0 Å². The minimum absolute atomic E-state index is 0.0725. The molecule has 2 rings (SSSR count). The number of rotatable bonds is 4. The second-order valence-corrected chi connectivity index (χ2v) is 6.09. The number of amides is 1. The average molecular weight is 344 g/mol. The number of anilines is 1. The van der Waals surface area contributed by atoms with Crippen LogP contribution in [0.5, 0.6) is 0 Å². The Morgan fingerprint density at radius 1 is 1.29 bits per heavy atom. The van der Waals surface area contributed by atoms with E-state index < -0.39 is 11.9 Å². The van der Waals surface area contributed by atoms with E-state index in [-0.39, 0.29) is 21.2 Å². The van der Waals surface area contributed by atoms with Crippen molar-refractivity contribution in [2.75, 3.05) is 5.32 Å². The van der Waals surface area contributed by atoms with Crippen LogP contribution < -0.4 is 5.32 Å². The van der Waals surface area contributed by atoms with E-state index in [1.165, 1.54) is 17.4 Å². The van der Waals surface area contributed by atoms with Crippen molar-refractivity contribution in [3.05, 3.63) is 50.3 Å². The lowest BCUT2D eigenvalue weighted by atomic mass is 10.2. The molecule has 0 aliphatic rings. The first-order chi connectivity index (χ1) is 9.93. The predicted octanol–water partition coefficient (Wildman–Crippen LogP) is 4.57. The zero-order valence-corrected chi connectivity index (χ0v) is 13.3. The Bertz CT molecular complexity index is 712. The maximum absolute atomic E-state index is 12.2. The van der Waals surface area contributed by atoms with Crippen molar-refractivity contribution >= 4 is 51.4 Å². The number of carbonyl (C=O) groups is 2. The Labute approximate surface area is 135 Å². The van der Waals surface area contributed by atoms with E-state index in [0.29, 0.717) is 11.4 Å². The highest BCUT2D eigenvalue weighted by atomic mass is 35.5. The highest BCUT2D eigenvalue weighted by Crippen LogP contribution is 2.31. The third-order valence-corrected chi connectivity index (χ3v) is 4.80. The van der Waals surface area contributed by atoms with Gasteiger partial charge in [0.25, 0.3) is 5.91 Å². The molecule has 0 fully saturated rings. The monoisotopic (exact) mass is 343 g/mol. The summed E-state index contributed by atoms with van der Waals surface area (Å²) in [6, 6.07) is 6.26. The van der Waals surface area contributed by atoms with Gasteiger partial charge in [0.1, 0.15) is 5.00 Å². The van der Waals surface area contributed by atoms with Crippen LogP contribution in [0.1, 0.15) is 32.5 Å². The van der Waals surface area contributed by atoms with Crippen LogP contribution in [0.3, 0.4) is 0 Å². The standard InChI is InChI=1S/C14H11Cl2NO3S/c1-2-7-6-9(14(19)20)13(21-7)17-12(18)8-4-3-5-10(15)11(8)16/h3-6H,2H2,1H3,(H,17,18)(H,19,20). The van der Waals surface area contributed by atoms with Crippen LogP contribution in [0.15, 0.2) is 24.3 Å². The number of hydrogen-bond donors (Lipinski definition) is 2. The van der Waals surface area contributed by atoms with Crippen LogP contribution in [0.4, 0.5) is 5.00 Å². The molecule has 0 atom stereocenters. The topological polar surface area (TPSA) is 66.4 Å². The van der Waals surface area contributed by atoms with Gasteiger partial charge in [0, 0.05) is 4.88 Å². The summed E-state index contributed by atoms with van der Waals surface area (Å²) in [5.41, 5.74) is 0.273. The van der Waals surface area contributed by atoms with Crippen LogP contribution in [0, 0.1) is 0 Å². The van der Waals surface area contributed by atoms with Gasteiger partial charge in [-0.15, -0.1) is 11.3 Å². The Morgan fingerprint density at radius 2 is 2.00 bits per heavy atom. The lowest BCUT2D eigenvalue weighted by molar-refractivity contribution is 0.0698. The van der Waals surface area contributed by atoms with Gasteiger partial charge in [-0.25, -0.2) is 4.79 Å². The number of thiophene rings is 1. The smallest absolute Gasteiger partial charge is 0.338 e. The predicted molar refractivity (Wildman–Crippen MR) is 85.1 cm³/mol. The maximum Gasteiger partial charge on any atom is 0.338 e. The molecule has 21 heavy (non-hydrogen) atoms. The number of halogens is 2. The molecule has 0 unspecified atom stereocenters. The minimum Gasteiger partial charge on any atom is -0.478 e. The Morgan fingerprint density at radius 3 is 2.62 bits per heavy atom.